The Hall–Kier alpha value is -2.58. The first-order chi connectivity index (χ1) is 16.3. The number of carbonyl (C=O) groups excluding carboxylic acids is 1. The Morgan fingerprint density at radius 3 is 2.51 bits per heavy atom. The van der Waals surface area contributed by atoms with Crippen LogP contribution in [0.15, 0.2) is 30.4 Å². The predicted octanol–water partition coefficient (Wildman–Crippen LogP) is 4.71. The van der Waals surface area contributed by atoms with Crippen molar-refractivity contribution in [1.82, 2.24) is 14.9 Å². The van der Waals surface area contributed by atoms with Gasteiger partial charge in [-0.1, -0.05) is 24.8 Å². The Labute approximate surface area is 208 Å². The van der Waals surface area contributed by atoms with Crippen LogP contribution in [0.3, 0.4) is 0 Å². The van der Waals surface area contributed by atoms with E-state index in [1.807, 2.05) is 20.8 Å². The van der Waals surface area contributed by atoms with Crippen LogP contribution in [0.1, 0.15) is 78.0 Å². The fourth-order valence-electron chi connectivity index (χ4n) is 5.01. The zero-order valence-corrected chi connectivity index (χ0v) is 21.9. The predicted molar refractivity (Wildman–Crippen MR) is 137 cm³/mol. The molecule has 1 aromatic heterocycles. The Morgan fingerprint density at radius 2 is 1.86 bits per heavy atom. The topological polar surface area (TPSA) is 76.7 Å². The van der Waals surface area contributed by atoms with Crippen molar-refractivity contribution in [3.05, 3.63) is 47.4 Å². The van der Waals surface area contributed by atoms with E-state index in [-0.39, 0.29) is 30.5 Å². The number of ether oxygens (including phenoxy) is 1. The van der Waals surface area contributed by atoms with Gasteiger partial charge in [0.15, 0.2) is 0 Å². The minimum Gasteiger partial charge on any atom is -0.444 e. The second-order valence-electron chi connectivity index (χ2n) is 11.9. The van der Waals surface area contributed by atoms with Gasteiger partial charge in [0.25, 0.3) is 0 Å². The normalized spacial score (nSPS) is 22.8. The first-order valence-electron chi connectivity index (χ1n) is 12.5. The van der Waals surface area contributed by atoms with E-state index in [0.717, 1.165) is 53.1 Å². The Morgan fingerprint density at radius 1 is 1.17 bits per heavy atom. The molecule has 0 unspecified atom stereocenters. The third kappa shape index (κ3) is 4.21. The highest BCUT2D eigenvalue weighted by Gasteiger charge is 2.51. The van der Waals surface area contributed by atoms with Crippen LogP contribution in [0.4, 0.5) is 4.79 Å². The van der Waals surface area contributed by atoms with E-state index in [1.165, 1.54) is 5.56 Å². The van der Waals surface area contributed by atoms with Gasteiger partial charge in [-0.05, 0) is 84.3 Å². The van der Waals surface area contributed by atoms with Gasteiger partial charge in [-0.15, -0.1) is 0 Å². The van der Waals surface area contributed by atoms with E-state index in [1.54, 1.807) is 4.90 Å². The van der Waals surface area contributed by atoms with Crippen LogP contribution in [0, 0.1) is 0 Å². The van der Waals surface area contributed by atoms with Gasteiger partial charge in [0.1, 0.15) is 17.5 Å². The third-order valence-corrected chi connectivity index (χ3v) is 7.61. The van der Waals surface area contributed by atoms with E-state index in [2.05, 4.69) is 57.5 Å². The molecule has 8 heteroatoms. The minimum absolute atomic E-state index is 0.303. The molecule has 0 radical (unpaired) electrons. The second-order valence-corrected chi connectivity index (χ2v) is 11.9. The summed E-state index contributed by atoms with van der Waals surface area (Å²) in [5, 5.41) is 0. The van der Waals surface area contributed by atoms with Crippen molar-refractivity contribution in [2.75, 3.05) is 6.54 Å². The van der Waals surface area contributed by atoms with Gasteiger partial charge in [0.2, 0.25) is 0 Å². The molecule has 35 heavy (non-hydrogen) atoms. The van der Waals surface area contributed by atoms with E-state index in [4.69, 9.17) is 19.0 Å². The molecule has 1 aliphatic carbocycles. The summed E-state index contributed by atoms with van der Waals surface area (Å²) in [7, 11) is -0.384. The smallest absolute Gasteiger partial charge is 0.444 e. The van der Waals surface area contributed by atoms with Gasteiger partial charge in [-0.25, -0.2) is 9.78 Å². The molecule has 1 N–H and O–H groups in total. The number of likely N-dealkylation sites (tertiary alicyclic amines) is 1. The van der Waals surface area contributed by atoms with Gasteiger partial charge in [-0.3, -0.25) is 4.90 Å². The molecule has 7 nitrogen and oxygen atoms in total. The molecular formula is C27H36BN3O4. The maximum Gasteiger partial charge on any atom is 0.494 e. The number of imidazole rings is 1. The standard InChI is InChI=1S/C27H36BN3O4/c1-16-13-14-31(24(32)33-25(2,3)4)22(16)23-29-20-12-9-17-15-18(10-11-19(17)21(20)30-23)28-34-26(5,6)27(7,8)35-28/h10-11,15,22H,1,9,12-14H2,2-8H3,(H,29,30)/t22-/m0/s1. The summed E-state index contributed by atoms with van der Waals surface area (Å²) in [5.74, 6) is 0.756. The number of aromatic nitrogens is 2. The molecule has 5 rings (SSSR count). The van der Waals surface area contributed by atoms with Crippen LogP contribution in [0.2, 0.25) is 0 Å². The number of fused-ring (bicyclic) bond motifs is 3. The summed E-state index contributed by atoms with van der Waals surface area (Å²) in [5.41, 5.74) is 5.09. The molecule has 1 atom stereocenters. The number of nitrogens with one attached hydrogen (secondary N) is 1. The van der Waals surface area contributed by atoms with Crippen molar-refractivity contribution < 1.29 is 18.8 Å². The summed E-state index contributed by atoms with van der Waals surface area (Å²) in [6, 6.07) is 6.08. The molecule has 3 heterocycles. The molecule has 2 saturated heterocycles. The average Bonchev–Trinajstić information content (AvgIpc) is 3.39. The summed E-state index contributed by atoms with van der Waals surface area (Å²) in [6.07, 6.45) is 2.17. The second kappa shape index (κ2) is 7.97. The molecule has 186 valence electrons. The number of aromatic amines is 1. The zero-order chi connectivity index (χ0) is 25.3. The minimum atomic E-state index is -0.554. The van der Waals surface area contributed by atoms with E-state index in [9.17, 15) is 4.79 Å². The third-order valence-electron chi connectivity index (χ3n) is 7.61. The summed E-state index contributed by atoms with van der Waals surface area (Å²) >= 11 is 0. The van der Waals surface area contributed by atoms with Crippen molar-refractivity contribution >= 4 is 18.7 Å². The summed E-state index contributed by atoms with van der Waals surface area (Å²) < 4.78 is 18.2. The number of nitrogens with zero attached hydrogens (tertiary/aromatic N) is 2. The monoisotopic (exact) mass is 477 g/mol. The molecule has 3 aliphatic rings. The Balaban J connectivity index is 1.43. The lowest BCUT2D eigenvalue weighted by Crippen LogP contribution is -2.41. The molecular weight excluding hydrogens is 441 g/mol. The van der Waals surface area contributed by atoms with Crippen LogP contribution in [-0.2, 0) is 26.9 Å². The number of carbonyl (C=O) groups is 1. The van der Waals surface area contributed by atoms with Crippen LogP contribution >= 0.6 is 0 Å². The largest absolute Gasteiger partial charge is 0.494 e. The number of amides is 1. The highest BCUT2D eigenvalue weighted by Crippen LogP contribution is 2.40. The molecule has 0 spiro atoms. The molecule has 2 aromatic rings. The Kier molecular flexibility index (Phi) is 5.49. The van der Waals surface area contributed by atoms with Crippen molar-refractivity contribution in [2.24, 2.45) is 0 Å². The summed E-state index contributed by atoms with van der Waals surface area (Å²) in [6.45, 7) is 18.7. The molecule has 2 fully saturated rings. The van der Waals surface area contributed by atoms with Crippen molar-refractivity contribution in [1.29, 1.82) is 0 Å². The molecule has 1 amide bonds. The van der Waals surface area contributed by atoms with Crippen molar-refractivity contribution in [3.63, 3.8) is 0 Å². The van der Waals surface area contributed by atoms with Crippen LogP contribution < -0.4 is 5.46 Å². The van der Waals surface area contributed by atoms with E-state index in [0.29, 0.717) is 6.54 Å². The van der Waals surface area contributed by atoms with Gasteiger partial charge < -0.3 is 19.0 Å². The summed E-state index contributed by atoms with van der Waals surface area (Å²) in [4.78, 5) is 23.1. The van der Waals surface area contributed by atoms with Gasteiger partial charge in [-0.2, -0.15) is 0 Å². The number of benzene rings is 1. The molecule has 0 bridgehead atoms. The number of H-pyrrole nitrogens is 1. The highest BCUT2D eigenvalue weighted by atomic mass is 16.7. The fraction of sp³-hybridized carbons (Fsp3) is 0.556. The lowest BCUT2D eigenvalue weighted by Gasteiger charge is -2.32. The van der Waals surface area contributed by atoms with Crippen LogP contribution in [0.25, 0.3) is 11.3 Å². The maximum atomic E-state index is 12.9. The van der Waals surface area contributed by atoms with Gasteiger partial charge >= 0.3 is 13.2 Å². The van der Waals surface area contributed by atoms with Gasteiger partial charge in [0, 0.05) is 17.8 Å². The number of hydrogen-bond donors (Lipinski definition) is 1. The van der Waals surface area contributed by atoms with E-state index < -0.39 is 5.60 Å². The quantitative estimate of drug-likeness (QED) is 0.501. The highest BCUT2D eigenvalue weighted by molar-refractivity contribution is 6.62. The molecule has 2 aliphatic heterocycles. The van der Waals surface area contributed by atoms with E-state index >= 15 is 0 Å². The number of aryl methyl sites for hydroxylation is 2. The maximum absolute atomic E-state index is 12.9. The number of rotatable bonds is 2. The SMILES string of the molecule is C=C1CCN(C(=O)OC(C)(C)C)[C@@H]1c1nc2c([nH]1)CCc1cc(B3OC(C)(C)C(C)(C)O3)ccc1-2. The van der Waals surface area contributed by atoms with Crippen molar-refractivity contribution in [3.8, 4) is 11.3 Å². The lowest BCUT2D eigenvalue weighted by atomic mass is 9.76. The number of hydrogen-bond acceptors (Lipinski definition) is 5. The zero-order valence-electron chi connectivity index (χ0n) is 21.9. The van der Waals surface area contributed by atoms with Crippen LogP contribution in [-0.4, -0.2) is 51.4 Å². The molecule has 1 aromatic carbocycles. The first-order valence-corrected chi connectivity index (χ1v) is 12.5. The average molecular weight is 477 g/mol. The molecule has 0 saturated carbocycles. The fourth-order valence-corrected chi connectivity index (χ4v) is 5.01. The van der Waals surface area contributed by atoms with Gasteiger partial charge in [0.05, 0.1) is 16.9 Å². The lowest BCUT2D eigenvalue weighted by molar-refractivity contribution is 0.00578. The van der Waals surface area contributed by atoms with Crippen molar-refractivity contribution in [2.45, 2.75) is 90.6 Å². The first kappa shape index (κ1) is 24.1. The van der Waals surface area contributed by atoms with Crippen LogP contribution in [0.5, 0.6) is 0 Å². The Bertz CT molecular complexity index is 1180.